The Morgan fingerprint density at radius 1 is 0.545 bits per heavy atom. The molecule has 0 amide bonds. The minimum Gasteiger partial charge on any atom is -0.400 e. The van der Waals surface area contributed by atoms with Gasteiger partial charge in [0.25, 0.3) is 17.4 Å². The summed E-state index contributed by atoms with van der Waals surface area (Å²) in [6, 6.07) is 17.8. The zero-order valence-electron chi connectivity index (χ0n) is 17.3. The van der Waals surface area contributed by atoms with Gasteiger partial charge in [-0.2, -0.15) is 0 Å². The molecule has 3 aromatic carbocycles. The summed E-state index contributed by atoms with van der Waals surface area (Å²) in [5, 5.41) is 30.1. The van der Waals surface area contributed by atoms with Crippen LogP contribution in [0.4, 0.5) is 0 Å². The maximum Gasteiger partial charge on any atom is 0.268 e. The van der Waals surface area contributed by atoms with Gasteiger partial charge in [0.2, 0.25) is 17.3 Å². The van der Waals surface area contributed by atoms with Crippen molar-refractivity contribution in [3.63, 3.8) is 0 Å². The van der Waals surface area contributed by atoms with Gasteiger partial charge in [-0.25, -0.2) is 0 Å². The van der Waals surface area contributed by atoms with Crippen molar-refractivity contribution in [3.05, 3.63) is 106 Å². The van der Waals surface area contributed by atoms with Crippen molar-refractivity contribution in [3.8, 4) is 0 Å². The molecule has 3 aliphatic heterocycles. The Morgan fingerprint density at radius 2 is 0.879 bits per heavy atom. The summed E-state index contributed by atoms with van der Waals surface area (Å²) < 4.78 is 11.7. The highest BCUT2D eigenvalue weighted by atomic mass is 16.8. The highest BCUT2D eigenvalue weighted by Gasteiger charge is 2.68. The first-order valence-electron chi connectivity index (χ1n) is 10.1. The summed E-state index contributed by atoms with van der Waals surface area (Å²) in [6.45, 7) is 0. The number of rotatable bonds is 0. The Kier molecular flexibility index (Phi) is 4.51. The minimum atomic E-state index is -2.68. The molecule has 3 aliphatic rings. The zero-order valence-corrected chi connectivity index (χ0v) is 17.3. The maximum atomic E-state index is 13.7. The number of ketones is 3. The van der Waals surface area contributed by atoms with E-state index in [0.29, 0.717) is 0 Å². The summed E-state index contributed by atoms with van der Waals surface area (Å²) in [7, 11) is 1.00. The van der Waals surface area contributed by atoms with E-state index in [1.165, 1.54) is 48.5 Å². The van der Waals surface area contributed by atoms with Crippen LogP contribution in [0.1, 0.15) is 47.8 Å². The lowest BCUT2D eigenvalue weighted by Gasteiger charge is -2.51. The van der Waals surface area contributed by atoms with E-state index >= 15 is 0 Å². The van der Waals surface area contributed by atoms with Crippen molar-refractivity contribution in [2.45, 2.75) is 17.4 Å². The van der Waals surface area contributed by atoms with Gasteiger partial charge in [0.15, 0.2) is 0 Å². The number of fused-ring (bicyclic) bond motifs is 7. The van der Waals surface area contributed by atoms with E-state index in [2.05, 4.69) is 0 Å². The highest BCUT2D eigenvalue weighted by Crippen LogP contribution is 2.55. The number of aliphatic hydroxyl groups is 3. The van der Waals surface area contributed by atoms with Crippen LogP contribution in [0, 0.1) is 0 Å². The zero-order chi connectivity index (χ0) is 23.6. The van der Waals surface area contributed by atoms with Gasteiger partial charge in [0, 0.05) is 40.5 Å². The second kappa shape index (κ2) is 6.98. The smallest absolute Gasteiger partial charge is 0.268 e. The van der Waals surface area contributed by atoms with E-state index in [1.54, 1.807) is 24.3 Å². The van der Waals surface area contributed by atoms with E-state index in [0.717, 1.165) is 7.11 Å². The lowest BCUT2D eigenvalue weighted by atomic mass is 9.75. The van der Waals surface area contributed by atoms with Gasteiger partial charge in [-0.15, -0.1) is 0 Å². The molecule has 8 heteroatoms. The first-order chi connectivity index (χ1) is 15.8. The first-order valence-corrected chi connectivity index (χ1v) is 10.1. The van der Waals surface area contributed by atoms with Crippen LogP contribution in [0.25, 0.3) is 0 Å². The molecule has 166 valence electrons. The number of hydrogen-bond donors (Lipinski definition) is 3. The first kappa shape index (κ1) is 21.3. The number of aliphatic hydroxyl groups excluding tert-OH is 1. The molecule has 3 heterocycles. The summed E-state index contributed by atoms with van der Waals surface area (Å²) in [5.74, 6) is -10.2. The van der Waals surface area contributed by atoms with Crippen LogP contribution >= 0.6 is 0 Å². The van der Waals surface area contributed by atoms with Crippen LogP contribution in [0.2, 0.25) is 0 Å². The third-order valence-electron chi connectivity index (χ3n) is 6.10. The van der Waals surface area contributed by atoms with Crippen LogP contribution in [0.15, 0.2) is 72.8 Å². The number of ether oxygens (including phenoxy) is 2. The predicted octanol–water partition coefficient (Wildman–Crippen LogP) is 1.76. The number of benzene rings is 3. The lowest BCUT2D eigenvalue weighted by molar-refractivity contribution is -0.378. The van der Waals surface area contributed by atoms with Gasteiger partial charge in [-0.05, 0) is 0 Å². The highest BCUT2D eigenvalue weighted by molar-refractivity contribution is 6.15. The molecule has 0 aromatic heterocycles. The molecule has 0 radical (unpaired) electrons. The SMILES string of the molecule is CO.O=C1c2ccccc2[C@@]2(O)O[C@]13O[C@](O)(C(=O)c1ccccc13)c1ccccc1C2=O. The molecule has 33 heavy (non-hydrogen) atoms. The molecule has 3 atom stereocenters. The van der Waals surface area contributed by atoms with Crippen molar-refractivity contribution in [2.75, 3.05) is 7.11 Å². The lowest BCUT2D eigenvalue weighted by Crippen LogP contribution is -2.64. The molecular formula is C25H18O8. The van der Waals surface area contributed by atoms with Gasteiger partial charge in [-0.3, -0.25) is 23.9 Å². The standard InChI is InChI=1S/C24H14O7.CH4O/c25-19-13-7-1-4-10-16(13)22(28)20(26)15-9-3-6-12-18(15)24(30-22)21(27)14-8-2-5-11-17(14)23(19,29)31-24;1-2/h1-12,28-29H;2H,1H3/t22-,23+,24-;/m0./s1. The second-order valence-corrected chi connectivity index (χ2v) is 7.73. The summed E-state index contributed by atoms with van der Waals surface area (Å²) in [4.78, 5) is 40.7. The molecular weight excluding hydrogens is 428 g/mol. The Labute approximate surface area is 187 Å². The molecule has 0 aliphatic carbocycles. The fourth-order valence-electron chi connectivity index (χ4n) is 4.67. The van der Waals surface area contributed by atoms with Gasteiger partial charge < -0.3 is 15.3 Å². The number of carbonyl (C=O) groups is 3. The van der Waals surface area contributed by atoms with Crippen LogP contribution in [0.3, 0.4) is 0 Å². The quantitative estimate of drug-likeness (QED) is 0.476. The second-order valence-electron chi connectivity index (χ2n) is 7.73. The third-order valence-corrected chi connectivity index (χ3v) is 6.10. The van der Waals surface area contributed by atoms with Gasteiger partial charge in [-0.1, -0.05) is 72.8 Å². The van der Waals surface area contributed by atoms with Crippen LogP contribution in [-0.4, -0.2) is 39.8 Å². The molecule has 3 aromatic rings. The summed E-state index contributed by atoms with van der Waals surface area (Å²) in [6.07, 6.45) is 0. The normalized spacial score (nSPS) is 28.9. The van der Waals surface area contributed by atoms with Crippen LogP contribution < -0.4 is 0 Å². The van der Waals surface area contributed by atoms with E-state index in [4.69, 9.17) is 14.6 Å². The fourth-order valence-corrected chi connectivity index (χ4v) is 4.67. The summed E-state index contributed by atoms with van der Waals surface area (Å²) >= 11 is 0. The molecule has 0 saturated carbocycles. The van der Waals surface area contributed by atoms with Crippen molar-refractivity contribution >= 4 is 17.3 Å². The molecule has 3 bridgehead atoms. The van der Waals surface area contributed by atoms with Crippen molar-refractivity contribution in [2.24, 2.45) is 0 Å². The minimum absolute atomic E-state index is 0.00418. The maximum absolute atomic E-state index is 13.7. The third kappa shape index (κ3) is 2.49. The van der Waals surface area contributed by atoms with Crippen molar-refractivity contribution in [1.29, 1.82) is 0 Å². The van der Waals surface area contributed by atoms with Gasteiger partial charge >= 0.3 is 0 Å². The van der Waals surface area contributed by atoms with E-state index in [1.807, 2.05) is 0 Å². The van der Waals surface area contributed by atoms with E-state index in [-0.39, 0.29) is 33.4 Å². The topological polar surface area (TPSA) is 130 Å². The molecule has 3 N–H and O–H groups in total. The largest absolute Gasteiger partial charge is 0.400 e. The van der Waals surface area contributed by atoms with Crippen LogP contribution in [0.5, 0.6) is 0 Å². The molecule has 0 fully saturated rings. The van der Waals surface area contributed by atoms with Gasteiger partial charge in [0.1, 0.15) is 0 Å². The van der Waals surface area contributed by atoms with Crippen LogP contribution in [-0.2, 0) is 26.8 Å². The molecule has 1 spiro atoms. The number of carbonyl (C=O) groups excluding carboxylic acids is 3. The molecule has 6 rings (SSSR count). The molecule has 0 saturated heterocycles. The van der Waals surface area contributed by atoms with Crippen molar-refractivity contribution in [1.82, 2.24) is 0 Å². The Morgan fingerprint density at radius 3 is 1.33 bits per heavy atom. The van der Waals surface area contributed by atoms with E-state index in [9.17, 15) is 24.6 Å². The fraction of sp³-hybridized carbons (Fsp3) is 0.160. The number of hydrogen-bond acceptors (Lipinski definition) is 8. The average molecular weight is 446 g/mol. The van der Waals surface area contributed by atoms with E-state index < -0.39 is 34.7 Å². The Hall–Kier alpha value is -3.53. The Balaban J connectivity index is 0.00000111. The van der Waals surface area contributed by atoms with Crippen molar-refractivity contribution < 1.29 is 39.2 Å². The number of Topliss-reactive ketones (excluding diaryl/α,β-unsaturated/α-hetero) is 3. The predicted molar refractivity (Wildman–Crippen MR) is 112 cm³/mol. The Bertz CT molecular complexity index is 1340. The molecule has 0 unspecified atom stereocenters. The van der Waals surface area contributed by atoms with Gasteiger partial charge in [0.05, 0.1) is 0 Å². The molecule has 8 nitrogen and oxygen atoms in total. The average Bonchev–Trinajstić information content (AvgIpc) is 2.86. The summed E-state index contributed by atoms with van der Waals surface area (Å²) in [5.41, 5.74) is -0.356. The monoisotopic (exact) mass is 446 g/mol.